The topological polar surface area (TPSA) is 60.2 Å². The molecule has 10 heteroatoms. The van der Waals surface area contributed by atoms with E-state index in [4.69, 9.17) is 4.74 Å². The first kappa shape index (κ1) is 19.9. The number of carbonyl (C=O) groups excluding carboxylic acids is 1. The zero-order valence-electron chi connectivity index (χ0n) is 15.8. The Kier molecular flexibility index (Phi) is 4.92. The third-order valence-electron chi connectivity index (χ3n) is 4.69. The van der Waals surface area contributed by atoms with E-state index in [0.717, 1.165) is 5.56 Å². The van der Waals surface area contributed by atoms with Gasteiger partial charge in [0.1, 0.15) is 11.4 Å². The number of ether oxygens (including phenoxy) is 1. The highest BCUT2D eigenvalue weighted by molar-refractivity contribution is 6.00. The van der Waals surface area contributed by atoms with E-state index in [-0.39, 0.29) is 30.1 Å². The Morgan fingerprint density at radius 1 is 1.20 bits per heavy atom. The van der Waals surface area contributed by atoms with E-state index < -0.39 is 24.5 Å². The van der Waals surface area contributed by atoms with Crippen LogP contribution in [0.2, 0.25) is 0 Å². The van der Waals surface area contributed by atoms with Gasteiger partial charge >= 0.3 is 6.18 Å². The molecule has 1 aromatic carbocycles. The summed E-state index contributed by atoms with van der Waals surface area (Å²) in [5.41, 5.74) is 2.15. The third kappa shape index (κ3) is 3.98. The van der Waals surface area contributed by atoms with Gasteiger partial charge in [-0.25, -0.2) is 9.37 Å². The first-order chi connectivity index (χ1) is 14.2. The van der Waals surface area contributed by atoms with Gasteiger partial charge < -0.3 is 9.64 Å². The van der Waals surface area contributed by atoms with Crippen molar-refractivity contribution in [3.8, 4) is 17.0 Å². The van der Waals surface area contributed by atoms with Gasteiger partial charge in [-0.1, -0.05) is 12.1 Å². The Balaban J connectivity index is 1.53. The fraction of sp³-hybridized carbons (Fsp3) is 0.250. The Labute approximate surface area is 168 Å². The minimum atomic E-state index is -4.55. The predicted molar refractivity (Wildman–Crippen MR) is 98.0 cm³/mol. The van der Waals surface area contributed by atoms with Crippen LogP contribution in [0.25, 0.3) is 11.1 Å². The molecule has 0 saturated carbocycles. The van der Waals surface area contributed by atoms with Crippen molar-refractivity contribution in [1.82, 2.24) is 19.7 Å². The average molecular weight is 420 g/mol. The Hall–Kier alpha value is -3.43. The zero-order valence-corrected chi connectivity index (χ0v) is 15.8. The molecule has 3 aromatic rings. The Morgan fingerprint density at radius 2 is 2.00 bits per heavy atom. The first-order valence-electron chi connectivity index (χ1n) is 8.95. The number of pyridine rings is 1. The first-order valence-corrected chi connectivity index (χ1v) is 8.95. The summed E-state index contributed by atoms with van der Waals surface area (Å²) in [7, 11) is 1.76. The number of hydrogen-bond donors (Lipinski definition) is 0. The molecule has 0 saturated heterocycles. The van der Waals surface area contributed by atoms with Crippen molar-refractivity contribution in [3.63, 3.8) is 0 Å². The number of carbonyl (C=O) groups is 1. The molecule has 1 aliphatic rings. The molecule has 0 unspecified atom stereocenters. The lowest BCUT2D eigenvalue weighted by Gasteiger charge is -2.16. The van der Waals surface area contributed by atoms with Crippen LogP contribution in [0.3, 0.4) is 0 Å². The Morgan fingerprint density at radius 3 is 2.67 bits per heavy atom. The van der Waals surface area contributed by atoms with E-state index in [2.05, 4.69) is 10.1 Å². The number of amides is 1. The van der Waals surface area contributed by atoms with Crippen LogP contribution in [0, 0.1) is 5.82 Å². The smallest absolute Gasteiger partial charge is 0.422 e. The second kappa shape index (κ2) is 7.43. The summed E-state index contributed by atoms with van der Waals surface area (Å²) >= 11 is 0. The summed E-state index contributed by atoms with van der Waals surface area (Å²) in [6.45, 7) is -1.46. The third-order valence-corrected chi connectivity index (χ3v) is 4.69. The maximum Gasteiger partial charge on any atom is 0.422 e. The van der Waals surface area contributed by atoms with Crippen molar-refractivity contribution in [3.05, 3.63) is 65.4 Å². The van der Waals surface area contributed by atoms with Crippen LogP contribution in [0.4, 0.5) is 17.6 Å². The van der Waals surface area contributed by atoms with Gasteiger partial charge in [0.2, 0.25) is 5.88 Å². The zero-order chi connectivity index (χ0) is 21.5. The fourth-order valence-corrected chi connectivity index (χ4v) is 3.29. The number of rotatable bonds is 5. The van der Waals surface area contributed by atoms with Crippen LogP contribution < -0.4 is 4.74 Å². The molecule has 30 heavy (non-hydrogen) atoms. The molecule has 0 atom stereocenters. The molecule has 0 fully saturated rings. The van der Waals surface area contributed by atoms with Gasteiger partial charge in [0, 0.05) is 43.7 Å². The van der Waals surface area contributed by atoms with Crippen molar-refractivity contribution in [1.29, 1.82) is 0 Å². The van der Waals surface area contributed by atoms with Gasteiger partial charge in [-0.3, -0.25) is 9.48 Å². The summed E-state index contributed by atoms with van der Waals surface area (Å²) in [6, 6.07) is 6.20. The van der Waals surface area contributed by atoms with Crippen molar-refractivity contribution in [2.75, 3.05) is 6.61 Å². The maximum atomic E-state index is 14.7. The SMILES string of the molecule is Cn1cc(-c2ccc(CN3Cc4ccnc(OCC(F)(F)F)c4C3=O)c(F)c2)cn1. The van der Waals surface area contributed by atoms with Crippen LogP contribution in [0.1, 0.15) is 21.5 Å². The molecular formula is C20H16F4N4O2. The summed E-state index contributed by atoms with van der Waals surface area (Å²) in [5.74, 6) is -1.41. The lowest BCUT2D eigenvalue weighted by molar-refractivity contribution is -0.154. The lowest BCUT2D eigenvalue weighted by Crippen LogP contribution is -2.25. The van der Waals surface area contributed by atoms with E-state index in [0.29, 0.717) is 11.1 Å². The second-order valence-corrected chi connectivity index (χ2v) is 6.92. The second-order valence-electron chi connectivity index (χ2n) is 6.92. The highest BCUT2D eigenvalue weighted by Gasteiger charge is 2.34. The largest absolute Gasteiger partial charge is 0.467 e. The Bertz CT molecular complexity index is 1110. The lowest BCUT2D eigenvalue weighted by atomic mass is 10.1. The number of hydrogen-bond acceptors (Lipinski definition) is 4. The van der Waals surface area contributed by atoms with Gasteiger partial charge in [-0.05, 0) is 23.3 Å². The monoisotopic (exact) mass is 420 g/mol. The number of fused-ring (bicyclic) bond motifs is 1. The van der Waals surface area contributed by atoms with Crippen molar-refractivity contribution < 1.29 is 27.1 Å². The standard InChI is InChI=1S/C20H16F4N4O2/c1-27-8-15(7-26-27)12-2-3-13(16(21)6-12)9-28-10-14-4-5-25-18(17(14)19(28)29)30-11-20(22,23)24/h2-8H,9-11H2,1H3. The summed E-state index contributed by atoms with van der Waals surface area (Å²) < 4.78 is 58.3. The van der Waals surface area contributed by atoms with Crippen LogP contribution >= 0.6 is 0 Å². The van der Waals surface area contributed by atoms with Crippen molar-refractivity contribution in [2.45, 2.75) is 19.3 Å². The van der Waals surface area contributed by atoms with Gasteiger partial charge in [0.05, 0.1) is 6.20 Å². The molecule has 6 nitrogen and oxygen atoms in total. The predicted octanol–water partition coefficient (Wildman–Crippen LogP) is 3.72. The summed E-state index contributed by atoms with van der Waals surface area (Å²) in [5, 5.41) is 4.05. The number of benzene rings is 1. The number of halogens is 4. The van der Waals surface area contributed by atoms with E-state index in [9.17, 15) is 22.4 Å². The highest BCUT2D eigenvalue weighted by atomic mass is 19.4. The minimum absolute atomic E-state index is 0.0193. The molecule has 0 radical (unpaired) electrons. The summed E-state index contributed by atoms with van der Waals surface area (Å²) in [6.07, 6.45) is 0.102. The molecule has 4 rings (SSSR count). The van der Waals surface area contributed by atoms with Crippen LogP contribution in [-0.4, -0.2) is 38.4 Å². The molecule has 0 N–H and O–H groups in total. The van der Waals surface area contributed by atoms with Crippen LogP contribution in [0.5, 0.6) is 5.88 Å². The molecule has 156 valence electrons. The van der Waals surface area contributed by atoms with Gasteiger partial charge in [-0.15, -0.1) is 0 Å². The molecular weight excluding hydrogens is 404 g/mol. The molecule has 1 aliphatic heterocycles. The van der Waals surface area contributed by atoms with Crippen LogP contribution in [0.15, 0.2) is 42.9 Å². The minimum Gasteiger partial charge on any atom is -0.467 e. The average Bonchev–Trinajstić information content (AvgIpc) is 3.25. The van der Waals surface area contributed by atoms with Gasteiger partial charge in [-0.2, -0.15) is 18.3 Å². The van der Waals surface area contributed by atoms with Crippen molar-refractivity contribution >= 4 is 5.91 Å². The molecule has 0 aliphatic carbocycles. The van der Waals surface area contributed by atoms with E-state index >= 15 is 0 Å². The van der Waals surface area contributed by atoms with Gasteiger partial charge in [0.25, 0.3) is 5.91 Å². The van der Waals surface area contributed by atoms with Gasteiger partial charge in [0.15, 0.2) is 6.61 Å². The van der Waals surface area contributed by atoms with E-state index in [1.54, 1.807) is 36.3 Å². The molecule has 3 heterocycles. The molecule has 2 aromatic heterocycles. The van der Waals surface area contributed by atoms with E-state index in [1.807, 2.05) is 0 Å². The maximum absolute atomic E-state index is 14.7. The fourth-order valence-electron chi connectivity index (χ4n) is 3.29. The normalized spacial score (nSPS) is 13.6. The quantitative estimate of drug-likeness (QED) is 0.591. The van der Waals surface area contributed by atoms with E-state index in [1.165, 1.54) is 23.2 Å². The number of alkyl halides is 3. The summed E-state index contributed by atoms with van der Waals surface area (Å²) in [4.78, 5) is 17.8. The molecule has 1 amide bonds. The van der Waals surface area contributed by atoms with Crippen LogP contribution in [-0.2, 0) is 20.1 Å². The molecule has 0 spiro atoms. The number of nitrogens with zero attached hydrogens (tertiary/aromatic N) is 4. The number of aromatic nitrogens is 3. The molecule has 0 bridgehead atoms. The number of aryl methyl sites for hydroxylation is 1. The highest BCUT2D eigenvalue weighted by Crippen LogP contribution is 2.32. The van der Waals surface area contributed by atoms with Crippen molar-refractivity contribution in [2.24, 2.45) is 7.05 Å².